The van der Waals surface area contributed by atoms with E-state index in [-0.39, 0.29) is 5.82 Å². The van der Waals surface area contributed by atoms with E-state index in [1.165, 1.54) is 44.1 Å². The van der Waals surface area contributed by atoms with Crippen molar-refractivity contribution in [2.75, 3.05) is 18.0 Å². The highest BCUT2D eigenvalue weighted by Crippen LogP contribution is 2.27. The van der Waals surface area contributed by atoms with Gasteiger partial charge in [-0.15, -0.1) is 0 Å². The predicted octanol–water partition coefficient (Wildman–Crippen LogP) is 4.09. The molecule has 1 unspecified atom stereocenters. The van der Waals surface area contributed by atoms with Crippen molar-refractivity contribution in [1.29, 1.82) is 0 Å². The third-order valence-electron chi connectivity index (χ3n) is 4.96. The second kappa shape index (κ2) is 6.78. The Morgan fingerprint density at radius 3 is 2.76 bits per heavy atom. The standard InChI is InChI=1S/C18H27FN2/c1-14-5-4-10-21(13-14)18-11-15(8-9-17(18)19)12-20-16-6-2-3-7-16/h8-9,11,14,16,20H,2-7,10,12-13H2,1H3. The van der Waals surface area contributed by atoms with Gasteiger partial charge in [-0.05, 0) is 49.3 Å². The molecule has 1 aromatic carbocycles. The number of nitrogens with one attached hydrogen (secondary N) is 1. The van der Waals surface area contributed by atoms with Gasteiger partial charge in [-0.25, -0.2) is 4.39 Å². The Balaban J connectivity index is 1.66. The first-order valence-electron chi connectivity index (χ1n) is 8.49. The maximum absolute atomic E-state index is 14.2. The molecule has 1 atom stereocenters. The van der Waals surface area contributed by atoms with Gasteiger partial charge in [0.05, 0.1) is 5.69 Å². The van der Waals surface area contributed by atoms with Crippen LogP contribution in [0.25, 0.3) is 0 Å². The van der Waals surface area contributed by atoms with Crippen LogP contribution in [-0.2, 0) is 6.54 Å². The minimum absolute atomic E-state index is 0.0753. The summed E-state index contributed by atoms with van der Waals surface area (Å²) in [6, 6.07) is 6.28. The first-order valence-corrected chi connectivity index (χ1v) is 8.49. The second-order valence-corrected chi connectivity index (χ2v) is 6.84. The molecule has 1 aliphatic carbocycles. The van der Waals surface area contributed by atoms with Gasteiger partial charge in [0.15, 0.2) is 0 Å². The Bertz CT molecular complexity index is 468. The van der Waals surface area contributed by atoms with Gasteiger partial charge in [0.1, 0.15) is 5.82 Å². The monoisotopic (exact) mass is 290 g/mol. The molecule has 1 aromatic rings. The van der Waals surface area contributed by atoms with E-state index in [2.05, 4.69) is 23.2 Å². The summed E-state index contributed by atoms with van der Waals surface area (Å²) in [5.74, 6) is 0.590. The van der Waals surface area contributed by atoms with Crippen LogP contribution in [0.3, 0.4) is 0 Å². The molecule has 21 heavy (non-hydrogen) atoms. The van der Waals surface area contributed by atoms with Crippen LogP contribution < -0.4 is 10.2 Å². The SMILES string of the molecule is CC1CCCN(c2cc(CNC3CCCC3)ccc2F)C1. The Morgan fingerprint density at radius 2 is 2.00 bits per heavy atom. The second-order valence-electron chi connectivity index (χ2n) is 6.84. The fourth-order valence-electron chi connectivity index (χ4n) is 3.71. The van der Waals surface area contributed by atoms with E-state index in [0.29, 0.717) is 12.0 Å². The summed E-state index contributed by atoms with van der Waals surface area (Å²) in [7, 11) is 0. The predicted molar refractivity (Wildman–Crippen MR) is 86.1 cm³/mol. The molecule has 3 heteroatoms. The zero-order valence-electron chi connectivity index (χ0n) is 13.1. The molecule has 116 valence electrons. The average Bonchev–Trinajstić information content (AvgIpc) is 3.00. The zero-order valence-corrected chi connectivity index (χ0v) is 13.1. The third kappa shape index (κ3) is 3.76. The van der Waals surface area contributed by atoms with Crippen LogP contribution in [-0.4, -0.2) is 19.1 Å². The number of benzene rings is 1. The van der Waals surface area contributed by atoms with E-state index in [1.807, 2.05) is 6.07 Å². The molecule has 0 bridgehead atoms. The third-order valence-corrected chi connectivity index (χ3v) is 4.96. The summed E-state index contributed by atoms with van der Waals surface area (Å²) in [6.45, 7) is 5.09. The number of rotatable bonds is 4. The maximum atomic E-state index is 14.2. The lowest BCUT2D eigenvalue weighted by molar-refractivity contribution is 0.442. The summed E-state index contributed by atoms with van der Waals surface area (Å²) in [5, 5.41) is 3.62. The summed E-state index contributed by atoms with van der Waals surface area (Å²) in [4.78, 5) is 2.22. The van der Waals surface area contributed by atoms with E-state index >= 15 is 0 Å². The molecule has 2 aliphatic rings. The summed E-state index contributed by atoms with van der Waals surface area (Å²) >= 11 is 0. The highest BCUT2D eigenvalue weighted by atomic mass is 19.1. The largest absolute Gasteiger partial charge is 0.369 e. The molecule has 3 rings (SSSR count). The minimum Gasteiger partial charge on any atom is -0.369 e. The zero-order chi connectivity index (χ0) is 14.7. The van der Waals surface area contributed by atoms with E-state index in [9.17, 15) is 4.39 Å². The van der Waals surface area contributed by atoms with Crippen LogP contribution in [0.15, 0.2) is 18.2 Å². The van der Waals surface area contributed by atoms with Crippen LogP contribution in [0.5, 0.6) is 0 Å². The lowest BCUT2D eigenvalue weighted by Crippen LogP contribution is -2.35. The van der Waals surface area contributed by atoms with E-state index in [4.69, 9.17) is 0 Å². The molecule has 1 saturated heterocycles. The van der Waals surface area contributed by atoms with Crippen LogP contribution in [0.1, 0.15) is 51.0 Å². The van der Waals surface area contributed by atoms with E-state index < -0.39 is 0 Å². The van der Waals surface area contributed by atoms with Crippen molar-refractivity contribution in [2.45, 2.75) is 58.0 Å². The van der Waals surface area contributed by atoms with Gasteiger partial charge in [-0.1, -0.05) is 25.8 Å². The molecule has 0 radical (unpaired) electrons. The molecule has 2 nitrogen and oxygen atoms in total. The van der Waals surface area contributed by atoms with Gasteiger partial charge >= 0.3 is 0 Å². The van der Waals surface area contributed by atoms with Crippen molar-refractivity contribution in [1.82, 2.24) is 5.32 Å². The number of hydrogen-bond acceptors (Lipinski definition) is 2. The van der Waals surface area contributed by atoms with Gasteiger partial charge in [0.25, 0.3) is 0 Å². The van der Waals surface area contributed by atoms with Crippen molar-refractivity contribution in [2.24, 2.45) is 5.92 Å². The van der Waals surface area contributed by atoms with Crippen molar-refractivity contribution >= 4 is 5.69 Å². The van der Waals surface area contributed by atoms with Crippen molar-refractivity contribution in [3.8, 4) is 0 Å². The van der Waals surface area contributed by atoms with Gasteiger partial charge in [-0.3, -0.25) is 0 Å². The fourth-order valence-corrected chi connectivity index (χ4v) is 3.71. The van der Waals surface area contributed by atoms with Gasteiger partial charge in [0.2, 0.25) is 0 Å². The average molecular weight is 290 g/mol. The molecule has 0 spiro atoms. The Kier molecular flexibility index (Phi) is 4.79. The number of piperidine rings is 1. The van der Waals surface area contributed by atoms with E-state index in [1.54, 1.807) is 6.07 Å². The highest BCUT2D eigenvalue weighted by Gasteiger charge is 2.20. The quantitative estimate of drug-likeness (QED) is 0.898. The van der Waals surface area contributed by atoms with Crippen molar-refractivity contribution in [3.05, 3.63) is 29.6 Å². The molecule has 2 fully saturated rings. The summed E-state index contributed by atoms with van der Waals surface area (Å²) in [6.07, 6.45) is 7.71. The van der Waals surface area contributed by atoms with Gasteiger partial charge < -0.3 is 10.2 Å². The molecular formula is C18H27FN2. The summed E-state index contributed by atoms with van der Waals surface area (Å²) < 4.78 is 14.2. The Labute approximate surface area is 127 Å². The Morgan fingerprint density at radius 1 is 1.19 bits per heavy atom. The smallest absolute Gasteiger partial charge is 0.146 e. The first kappa shape index (κ1) is 14.8. The topological polar surface area (TPSA) is 15.3 Å². The van der Waals surface area contributed by atoms with Crippen LogP contribution in [0.2, 0.25) is 0 Å². The van der Waals surface area contributed by atoms with Gasteiger partial charge in [0, 0.05) is 25.7 Å². The van der Waals surface area contributed by atoms with Crippen molar-refractivity contribution in [3.63, 3.8) is 0 Å². The van der Waals surface area contributed by atoms with E-state index in [0.717, 1.165) is 25.3 Å². The maximum Gasteiger partial charge on any atom is 0.146 e. The number of hydrogen-bond donors (Lipinski definition) is 1. The van der Waals surface area contributed by atoms with Gasteiger partial charge in [-0.2, -0.15) is 0 Å². The molecule has 1 saturated carbocycles. The van der Waals surface area contributed by atoms with Crippen LogP contribution >= 0.6 is 0 Å². The van der Waals surface area contributed by atoms with Crippen LogP contribution in [0, 0.1) is 11.7 Å². The molecule has 1 N–H and O–H groups in total. The molecular weight excluding hydrogens is 263 g/mol. The lowest BCUT2D eigenvalue weighted by atomic mass is 9.99. The Hall–Kier alpha value is -1.09. The fraction of sp³-hybridized carbons (Fsp3) is 0.667. The number of nitrogens with zero attached hydrogens (tertiary/aromatic N) is 1. The van der Waals surface area contributed by atoms with Crippen LogP contribution in [0.4, 0.5) is 10.1 Å². The molecule has 0 amide bonds. The summed E-state index contributed by atoms with van der Waals surface area (Å²) in [5.41, 5.74) is 2.00. The molecule has 1 heterocycles. The normalized spacial score (nSPS) is 23.7. The molecule has 1 aliphatic heterocycles. The number of halogens is 1. The first-order chi connectivity index (χ1) is 10.2. The number of anilines is 1. The highest BCUT2D eigenvalue weighted by molar-refractivity contribution is 5.50. The minimum atomic E-state index is -0.0753. The lowest BCUT2D eigenvalue weighted by Gasteiger charge is -2.33. The van der Waals surface area contributed by atoms with Crippen molar-refractivity contribution < 1.29 is 4.39 Å². The molecule has 0 aromatic heterocycles.